The molecule has 0 saturated heterocycles. The summed E-state index contributed by atoms with van der Waals surface area (Å²) in [4.78, 5) is 38.3. The molecule has 0 fully saturated rings. The number of esters is 3. The zero-order valence-corrected chi connectivity index (χ0v) is 49.2. The van der Waals surface area contributed by atoms with E-state index in [4.69, 9.17) is 14.2 Å². The molecule has 0 aliphatic heterocycles. The Bertz CT molecular complexity index is 1630. The van der Waals surface area contributed by atoms with Crippen molar-refractivity contribution in [3.63, 3.8) is 0 Å². The van der Waals surface area contributed by atoms with Crippen molar-refractivity contribution in [2.75, 3.05) is 13.2 Å². The Kier molecular flexibility index (Phi) is 59.4. The van der Waals surface area contributed by atoms with Gasteiger partial charge in [0, 0.05) is 19.3 Å². The van der Waals surface area contributed by atoms with Crippen LogP contribution in [0.2, 0.25) is 0 Å². The molecule has 0 bridgehead atoms. The molecule has 0 heterocycles. The molecule has 76 heavy (non-hydrogen) atoms. The number of carbonyl (C=O) groups is 3. The minimum absolute atomic E-state index is 0.0954. The number of carbonyl (C=O) groups excluding carboxylic acids is 3. The van der Waals surface area contributed by atoms with Crippen LogP contribution in [0.1, 0.15) is 271 Å². The van der Waals surface area contributed by atoms with Gasteiger partial charge in [-0.3, -0.25) is 14.4 Å². The van der Waals surface area contributed by atoms with E-state index in [2.05, 4.69) is 154 Å². The van der Waals surface area contributed by atoms with E-state index in [9.17, 15) is 14.4 Å². The van der Waals surface area contributed by atoms with Crippen molar-refractivity contribution in [1.29, 1.82) is 0 Å². The van der Waals surface area contributed by atoms with Crippen molar-refractivity contribution in [2.45, 2.75) is 277 Å². The van der Waals surface area contributed by atoms with Gasteiger partial charge in [0.05, 0.1) is 0 Å². The average Bonchev–Trinajstić information content (AvgIpc) is 3.42. The van der Waals surface area contributed by atoms with E-state index in [0.717, 1.165) is 161 Å². The van der Waals surface area contributed by atoms with Crippen molar-refractivity contribution >= 4 is 17.9 Å². The molecule has 0 aliphatic rings. The number of ether oxygens (including phenoxy) is 3. The molecule has 0 aromatic carbocycles. The minimum Gasteiger partial charge on any atom is -0.462 e. The van der Waals surface area contributed by atoms with Crippen LogP contribution in [0.25, 0.3) is 0 Å². The van der Waals surface area contributed by atoms with E-state index in [1.807, 2.05) is 0 Å². The molecule has 0 aliphatic carbocycles. The molecular weight excluding hydrogens is 937 g/mol. The lowest BCUT2D eigenvalue weighted by Gasteiger charge is -2.18. The largest absolute Gasteiger partial charge is 0.462 e. The van der Waals surface area contributed by atoms with Crippen LogP contribution < -0.4 is 0 Å². The Balaban J connectivity index is 4.41. The fraction of sp³-hybridized carbons (Fsp3) is 0.643. The summed E-state index contributed by atoms with van der Waals surface area (Å²) in [6.45, 7) is 6.35. The maximum atomic E-state index is 12.9. The van der Waals surface area contributed by atoms with Gasteiger partial charge in [0.2, 0.25) is 0 Å². The lowest BCUT2D eigenvalue weighted by molar-refractivity contribution is -0.167. The normalized spacial score (nSPS) is 13.0. The van der Waals surface area contributed by atoms with E-state index in [-0.39, 0.29) is 31.1 Å². The summed E-state index contributed by atoms with van der Waals surface area (Å²) in [6, 6.07) is 0. The lowest BCUT2D eigenvalue weighted by atomic mass is 10.1. The molecule has 430 valence electrons. The van der Waals surface area contributed by atoms with Crippen LogP contribution in [0.5, 0.6) is 0 Å². The first-order chi connectivity index (χ1) is 37.5. The number of hydrogen-bond acceptors (Lipinski definition) is 6. The molecule has 0 radical (unpaired) electrons. The van der Waals surface area contributed by atoms with E-state index >= 15 is 0 Å². The fourth-order valence-corrected chi connectivity index (χ4v) is 8.24. The smallest absolute Gasteiger partial charge is 0.306 e. The number of hydrogen-bond donors (Lipinski definition) is 0. The predicted octanol–water partition coefficient (Wildman–Crippen LogP) is 21.4. The molecule has 0 spiro atoms. The van der Waals surface area contributed by atoms with E-state index < -0.39 is 6.10 Å². The predicted molar refractivity (Wildman–Crippen MR) is 329 cm³/mol. The Hall–Kier alpha value is -4.45. The van der Waals surface area contributed by atoms with Crippen molar-refractivity contribution in [3.05, 3.63) is 134 Å². The van der Waals surface area contributed by atoms with Gasteiger partial charge < -0.3 is 14.2 Å². The second kappa shape index (κ2) is 63.1. The monoisotopic (exact) mass is 1050 g/mol. The Labute approximate surface area is 468 Å². The highest BCUT2D eigenvalue weighted by atomic mass is 16.6. The number of allylic oxidation sites excluding steroid dienone is 22. The third kappa shape index (κ3) is 60.4. The molecule has 0 N–H and O–H groups in total. The van der Waals surface area contributed by atoms with Crippen LogP contribution in [-0.4, -0.2) is 37.2 Å². The van der Waals surface area contributed by atoms with Crippen LogP contribution in [0, 0.1) is 0 Å². The molecule has 0 aromatic rings. The van der Waals surface area contributed by atoms with Crippen LogP contribution in [-0.2, 0) is 28.6 Å². The first-order valence-electron chi connectivity index (χ1n) is 31.2. The van der Waals surface area contributed by atoms with Gasteiger partial charge in [0.15, 0.2) is 6.10 Å². The summed E-state index contributed by atoms with van der Waals surface area (Å²) in [7, 11) is 0. The van der Waals surface area contributed by atoms with Crippen LogP contribution in [0.4, 0.5) is 0 Å². The van der Waals surface area contributed by atoms with E-state index in [1.54, 1.807) is 0 Å². The van der Waals surface area contributed by atoms with Gasteiger partial charge >= 0.3 is 17.9 Å². The lowest BCUT2D eigenvalue weighted by Crippen LogP contribution is -2.30. The Morgan fingerprint density at radius 2 is 0.513 bits per heavy atom. The zero-order valence-electron chi connectivity index (χ0n) is 49.2. The maximum Gasteiger partial charge on any atom is 0.306 e. The van der Waals surface area contributed by atoms with E-state index in [1.165, 1.54) is 70.6 Å². The summed E-state index contributed by atoms with van der Waals surface area (Å²) in [5.74, 6) is -0.928. The molecule has 0 rings (SSSR count). The molecule has 6 heteroatoms. The highest BCUT2D eigenvalue weighted by Crippen LogP contribution is 2.15. The molecule has 0 saturated carbocycles. The summed E-state index contributed by atoms with van der Waals surface area (Å²) in [5.41, 5.74) is 0. The van der Waals surface area contributed by atoms with Gasteiger partial charge in [-0.15, -0.1) is 0 Å². The first-order valence-corrected chi connectivity index (χ1v) is 31.2. The standard InChI is InChI=1S/C70H114O6/c1-4-7-10-13-16-19-22-25-28-30-32-33-34-35-36-37-39-40-42-45-48-51-54-57-60-63-69(72)75-66-67(65-74-68(71)62-59-56-53-50-47-44-27-24-21-18-15-12-9-6-3)76-70(73)64-61-58-55-52-49-46-43-41-38-31-29-26-23-20-17-14-11-8-5-2/h7-8,10-11,15-20,24-29,32-33,35-36,38,41,67H,4-6,9,12-14,21-23,30-31,34,37,39-40,42-66H2,1-3H3/b10-7-,11-8-,18-15-,19-16-,20-17-,27-24-,28-25-,29-26-,33-32-,36-35-,41-38-. The van der Waals surface area contributed by atoms with Gasteiger partial charge in [0.25, 0.3) is 0 Å². The Morgan fingerprint density at radius 1 is 0.276 bits per heavy atom. The highest BCUT2D eigenvalue weighted by molar-refractivity contribution is 5.71. The van der Waals surface area contributed by atoms with Gasteiger partial charge in [-0.2, -0.15) is 0 Å². The van der Waals surface area contributed by atoms with Gasteiger partial charge in [-0.25, -0.2) is 0 Å². The van der Waals surface area contributed by atoms with Crippen molar-refractivity contribution in [1.82, 2.24) is 0 Å². The molecule has 0 aromatic heterocycles. The topological polar surface area (TPSA) is 78.9 Å². The molecular formula is C70H114O6. The minimum atomic E-state index is -0.800. The summed E-state index contributed by atoms with van der Waals surface area (Å²) < 4.78 is 16.9. The van der Waals surface area contributed by atoms with Crippen LogP contribution in [0.15, 0.2) is 134 Å². The van der Waals surface area contributed by atoms with Crippen molar-refractivity contribution < 1.29 is 28.6 Å². The summed E-state index contributed by atoms with van der Waals surface area (Å²) in [6.07, 6.45) is 88.7. The quantitative estimate of drug-likeness (QED) is 0.0261. The van der Waals surface area contributed by atoms with Gasteiger partial charge in [-0.05, 0) is 128 Å². The van der Waals surface area contributed by atoms with Crippen molar-refractivity contribution in [2.24, 2.45) is 0 Å². The zero-order chi connectivity index (χ0) is 55.0. The maximum absolute atomic E-state index is 12.9. The molecule has 6 nitrogen and oxygen atoms in total. The van der Waals surface area contributed by atoms with Crippen LogP contribution >= 0.6 is 0 Å². The second-order valence-electron chi connectivity index (χ2n) is 20.2. The number of unbranched alkanes of at least 4 members (excludes halogenated alkanes) is 22. The molecule has 1 unspecified atom stereocenters. The highest BCUT2D eigenvalue weighted by Gasteiger charge is 2.19. The third-order valence-corrected chi connectivity index (χ3v) is 12.9. The second-order valence-corrected chi connectivity index (χ2v) is 20.2. The Morgan fingerprint density at radius 3 is 0.803 bits per heavy atom. The van der Waals surface area contributed by atoms with E-state index in [0.29, 0.717) is 19.3 Å². The van der Waals surface area contributed by atoms with Crippen molar-refractivity contribution in [3.8, 4) is 0 Å². The SMILES string of the molecule is CC/C=C\C/C=C\C/C=C\C/C=C\C/C=C\CCCCCCCCCCCC(=O)OCC(COC(=O)CCCCCCC/C=C\C/C=C\CCCC)OC(=O)CCCCCCCC/C=C\C/C=C\C/C=C\C/C=C\CC. The number of rotatable bonds is 55. The van der Waals surface area contributed by atoms with Crippen LogP contribution in [0.3, 0.4) is 0 Å². The van der Waals surface area contributed by atoms with Gasteiger partial charge in [0.1, 0.15) is 13.2 Å². The first kappa shape index (κ1) is 71.5. The summed E-state index contributed by atoms with van der Waals surface area (Å²) >= 11 is 0. The fourth-order valence-electron chi connectivity index (χ4n) is 8.24. The summed E-state index contributed by atoms with van der Waals surface area (Å²) in [5, 5.41) is 0. The third-order valence-electron chi connectivity index (χ3n) is 12.9. The molecule has 1 atom stereocenters. The van der Waals surface area contributed by atoms with Gasteiger partial charge in [-0.1, -0.05) is 257 Å². The average molecular weight is 1050 g/mol. The molecule has 0 amide bonds.